The molecule has 0 aromatic carbocycles. The lowest BCUT2D eigenvalue weighted by Crippen LogP contribution is -2.70. The van der Waals surface area contributed by atoms with Crippen LogP contribution in [0.2, 0.25) is 0 Å². The Morgan fingerprint density at radius 3 is 0.481 bits per heavy atom. The molecule has 21 saturated heterocycles. The van der Waals surface area contributed by atoms with Crippen LogP contribution >= 0.6 is 0 Å². The maximum Gasteiger partial charge on any atom is 0.218 e. The van der Waals surface area contributed by atoms with Crippen molar-refractivity contribution < 1.29 is 342 Å². The van der Waals surface area contributed by atoms with Crippen LogP contribution in [-0.2, 0) is 270 Å². The average molecular weight is 2240 g/mol. The molecule has 0 aromatic heterocycles. The Morgan fingerprint density at radius 2 is 0.308 bits per heavy atom. The van der Waals surface area contributed by atoms with E-state index >= 15 is 0 Å². The lowest BCUT2D eigenvalue weighted by atomic mass is 9.95. The summed E-state index contributed by atoms with van der Waals surface area (Å²) in [6, 6.07) is 0. The van der Waals surface area contributed by atoms with Crippen molar-refractivity contribution in [2.75, 3.05) is 46.2 Å². The van der Waals surface area contributed by atoms with Gasteiger partial charge in [-0.2, -0.15) is 0 Å². The highest BCUT2D eigenvalue weighted by molar-refractivity contribution is 7.83. The molecule has 21 aliphatic heterocycles. The molecular formula is C42H56O77S14-14. The Balaban J connectivity index is 1.48. The van der Waals surface area contributed by atoms with Gasteiger partial charge >= 0.3 is 0 Å². The highest BCUT2D eigenvalue weighted by atomic mass is 32.3. The van der Waals surface area contributed by atoms with Crippen LogP contribution in [0.25, 0.3) is 0 Å². The van der Waals surface area contributed by atoms with Gasteiger partial charge in [-0.3, -0.25) is 58.6 Å². The van der Waals surface area contributed by atoms with E-state index < -0.39 is 407 Å². The van der Waals surface area contributed by atoms with Crippen LogP contribution < -0.4 is 0 Å². The van der Waals surface area contributed by atoms with Gasteiger partial charge in [0.2, 0.25) is 146 Å². The predicted molar refractivity (Wildman–Crippen MR) is 348 cm³/mol. The summed E-state index contributed by atoms with van der Waals surface area (Å²) in [5.74, 6) is 0. The van der Waals surface area contributed by atoms with Gasteiger partial charge in [0.05, 0.1) is 46.2 Å². The van der Waals surface area contributed by atoms with Crippen LogP contribution in [0.3, 0.4) is 0 Å². The van der Waals surface area contributed by atoms with E-state index in [-0.39, 0.29) is 0 Å². The minimum atomic E-state index is -7.30. The smallest absolute Gasteiger partial charge is 0.218 e. The maximum absolute atomic E-state index is 13.0. The Kier molecular flexibility index (Phi) is 37.8. The van der Waals surface area contributed by atoms with Crippen LogP contribution in [-0.4, -0.2) is 479 Å². The number of aliphatic hydroxyl groups excluding tert-OH is 7. The molecule has 77 nitrogen and oxygen atoms in total. The van der Waals surface area contributed by atoms with Crippen molar-refractivity contribution in [2.45, 2.75) is 215 Å². The van der Waals surface area contributed by atoms with E-state index in [1.165, 1.54) is 0 Å². The van der Waals surface area contributed by atoms with Crippen molar-refractivity contribution in [1.82, 2.24) is 0 Å². The zero-order valence-electron chi connectivity index (χ0n) is 62.6. The molecule has 21 aliphatic rings. The Labute approximate surface area is 744 Å². The molecule has 0 aromatic rings. The lowest BCUT2D eigenvalue weighted by molar-refractivity contribution is -0.394. The first-order chi connectivity index (χ1) is 60.0. The van der Waals surface area contributed by atoms with E-state index in [0.29, 0.717) is 0 Å². The van der Waals surface area contributed by atoms with Crippen molar-refractivity contribution in [3.63, 3.8) is 0 Å². The summed E-state index contributed by atoms with van der Waals surface area (Å²) >= 11 is 0. The molecule has 0 aliphatic carbocycles. The normalized spacial score (nSPS) is 38.8. The highest BCUT2D eigenvalue weighted by Gasteiger charge is 2.64. The van der Waals surface area contributed by atoms with E-state index in [1.54, 1.807) is 0 Å². The Hall–Kier alpha value is -2.66. The molecule has 14 bridgehead atoms. The second kappa shape index (κ2) is 43.5. The van der Waals surface area contributed by atoms with Gasteiger partial charge in [-0.15, -0.1) is 0 Å². The fraction of sp³-hybridized carbons (Fsp3) is 1.00. The lowest BCUT2D eigenvalue weighted by Gasteiger charge is -2.52. The van der Waals surface area contributed by atoms with E-state index in [2.05, 4.69) is 58.6 Å². The highest BCUT2D eigenvalue weighted by Crippen LogP contribution is 2.44. The third-order valence-electron chi connectivity index (χ3n) is 17.6. The Morgan fingerprint density at radius 1 is 0.173 bits per heavy atom. The zero-order chi connectivity index (χ0) is 101. The summed E-state index contributed by atoms with van der Waals surface area (Å²) in [4.78, 5) is 0. The van der Waals surface area contributed by atoms with Gasteiger partial charge in [0, 0.05) is 0 Å². The molecule has 133 heavy (non-hydrogen) atoms. The first-order valence-corrected chi connectivity index (χ1v) is 52.3. The first-order valence-electron chi connectivity index (χ1n) is 33.6. The van der Waals surface area contributed by atoms with Crippen LogP contribution in [0.15, 0.2) is 0 Å². The summed E-state index contributed by atoms with van der Waals surface area (Å²) in [5, 5.41) is 81.2. The first kappa shape index (κ1) is 116. The summed E-state index contributed by atoms with van der Waals surface area (Å²) in [7, 11) is -96.6. The monoisotopic (exact) mass is 2240 g/mol. The van der Waals surface area contributed by atoms with Gasteiger partial charge in [-0.1, -0.05) is 0 Å². The number of hydrogen-bond acceptors (Lipinski definition) is 77. The van der Waals surface area contributed by atoms with Crippen molar-refractivity contribution >= 4 is 146 Å². The molecule has 21 fully saturated rings. The zero-order valence-corrected chi connectivity index (χ0v) is 74.0. The van der Waals surface area contributed by atoms with Gasteiger partial charge in [0.1, 0.15) is 146 Å². The second-order valence-electron chi connectivity index (χ2n) is 26.5. The summed E-state index contributed by atoms with van der Waals surface area (Å²) in [5.41, 5.74) is 0. The van der Waals surface area contributed by atoms with E-state index in [9.17, 15) is 217 Å². The van der Waals surface area contributed by atoms with Crippen molar-refractivity contribution in [1.29, 1.82) is 0 Å². The van der Waals surface area contributed by atoms with E-state index in [1.807, 2.05) is 0 Å². The molecule has 0 radical (unpaired) electrons. The van der Waals surface area contributed by atoms with Crippen LogP contribution in [0.4, 0.5) is 0 Å². The number of aliphatic hydroxyl groups is 7. The summed E-state index contributed by atoms with van der Waals surface area (Å²) < 4.78 is 662. The van der Waals surface area contributed by atoms with Crippen LogP contribution in [0.1, 0.15) is 0 Å². The largest absolute Gasteiger partial charge is 0.726 e. The molecule has 0 saturated carbocycles. The molecule has 7 N–H and O–H groups in total. The summed E-state index contributed by atoms with van der Waals surface area (Å²) in [6.07, 6.45) is -126. The van der Waals surface area contributed by atoms with Crippen molar-refractivity contribution in [3.8, 4) is 0 Å². The average Bonchev–Trinajstić information content (AvgIpc) is 0.802. The number of hydrogen-bond donors (Lipinski definition) is 7. The third kappa shape index (κ3) is 35.4. The fourth-order valence-corrected chi connectivity index (χ4v) is 18.7. The fourth-order valence-electron chi connectivity index (χ4n) is 13.0. The maximum atomic E-state index is 13.0. The van der Waals surface area contributed by atoms with Gasteiger partial charge in [-0.25, -0.2) is 118 Å². The minimum Gasteiger partial charge on any atom is -0.726 e. The molecule has 91 heteroatoms. The Bertz CT molecular complexity index is 5730. The molecule has 0 unspecified atom stereocenters. The standard InChI is InChI=1S/C42H70O77S14/c43-1-8-21-15(44)18(47)36(98-8)105-22-9(2-92-120(50,51)52)99-37(19(48)16(22)45)106-23-10(3-93-121(53,54)55)100-38(20(49)17(23)46)108-24-11(4-94-122(56,57)58)102-40(33(117-131(83,84)85)28(24)112-126(68,69)70)110-26-13(6-96-124(62,63)64)104-42(35(119-133(89,90)91)30(26)114-128(74,75)76)111-27-14(7-97-125(65,66)67)103-41(34(118-132(86,87)88)31(27)115-129(77,78)79)109-25-12(5-95-123(59,60)61)101-39(107-21)32(116-130(80,81)82)29(25)113-127(71,72)73/h8-49H,1-7H2,(H,50,51,52)(H,53,54,55)(H,56,57,58)(H,59,60,61)(H,62,63,64)(H,65,66,67)(H,68,69,70)(H,71,72,73)(H,74,75,76)(H,77,78,79)(H,80,81,82)(H,83,84,85)(H,86,87,88)(H,89,90,91)/p-14/t8-,9-,10-,11-,12-,13-,14-,15-,16-,17-,18-,19-,20-,21-,22-,23-,24-,25-,26-,27-,28+,29+,30+,31+,32-,33-,34-,35-,36-,37-,38-,39-,40-,41-,42-/m1/s1. The minimum absolute atomic E-state index is 1.91. The number of ether oxygens (including phenoxy) is 14. The molecular weight excluding hydrogens is 2190 g/mol. The van der Waals surface area contributed by atoms with Gasteiger partial charge in [0.15, 0.2) is 68.4 Å². The third-order valence-corrected chi connectivity index (χ3v) is 23.8. The van der Waals surface area contributed by atoms with Gasteiger partial charge in [-0.05, 0) is 0 Å². The number of rotatable bonds is 35. The van der Waals surface area contributed by atoms with Gasteiger partial charge < -0.3 is 166 Å². The molecule has 21 heterocycles. The molecule has 21 rings (SSSR count). The second-order valence-corrected chi connectivity index (χ2v) is 40.9. The topological polar surface area (TPSA) is 1200 Å². The molecule has 784 valence electrons. The van der Waals surface area contributed by atoms with Crippen LogP contribution in [0.5, 0.6) is 0 Å². The van der Waals surface area contributed by atoms with Crippen molar-refractivity contribution in [3.05, 3.63) is 0 Å². The van der Waals surface area contributed by atoms with Crippen molar-refractivity contribution in [2.24, 2.45) is 0 Å². The SMILES string of the molecule is O=S(=O)([O-])OC[C@H]1O[C@@H]2O[C@H]3[C@H](O)[C@@H](O)[C@@H](O[C@H]4[C@H](OS(=O)(=O)[O-])[C@@H](OS(=O)(=O)[O-])[C@@H](O[C@H]5[C@H](OS(=O)(=O)[O-])[C@@H](OS(=O)(=O)[O-])[C@@H](O[C@H]6[C@H](OS(=O)(=O)[O-])[C@@H](OS(=O)(=O)[O-])[C@@H](O[C@H]7[C@H](OS(=O)(=O)[O-])[C@@H](OS(=O)(=O)[O-])[C@@H](O[C@H]8[C@H](O)[C@@H](O)[C@@H](O[C@H]1[C@H](O)[C@H]2O)O[C@@H]8CO)O[C@@H]7COS(=O)(=O)[O-])O[C@@H]6COS(=O)(=O)[O-])O[C@@H]5COS(=O)(=O)[O-])O[C@@H]4COS(=O)(=O)[O-])O[C@@H]3COS(=O)(=O)[O-]. The summed E-state index contributed by atoms with van der Waals surface area (Å²) in [6.45, 7) is -16.4. The van der Waals surface area contributed by atoms with Crippen LogP contribution in [0, 0.1) is 0 Å². The predicted octanol–water partition coefficient (Wildman–Crippen LogP) is -22.4. The molecule has 0 amide bonds. The molecule has 0 spiro atoms. The quantitative estimate of drug-likeness (QED) is 0.0229. The van der Waals surface area contributed by atoms with E-state index in [4.69, 9.17) is 66.3 Å². The van der Waals surface area contributed by atoms with E-state index in [0.717, 1.165) is 0 Å². The van der Waals surface area contributed by atoms with Gasteiger partial charge in [0.25, 0.3) is 0 Å². The molecule has 35 atom stereocenters.